The van der Waals surface area contributed by atoms with Gasteiger partial charge in [-0.3, -0.25) is 4.79 Å². The predicted molar refractivity (Wildman–Crippen MR) is 158 cm³/mol. The van der Waals surface area contributed by atoms with Gasteiger partial charge in [0.2, 0.25) is 11.1 Å². The Labute approximate surface area is 241 Å². The molecule has 10 heteroatoms. The number of hydrogen-bond acceptors (Lipinski definition) is 7. The zero-order chi connectivity index (χ0) is 28.4. The molecule has 1 aliphatic heterocycles. The first-order chi connectivity index (χ1) is 19.2. The highest BCUT2D eigenvalue weighted by Gasteiger charge is 2.34. The number of ether oxygens (including phenoxy) is 1. The normalized spacial score (nSPS) is 14.4. The van der Waals surface area contributed by atoms with Crippen LogP contribution in [0.3, 0.4) is 0 Å². The van der Waals surface area contributed by atoms with Crippen molar-refractivity contribution in [1.82, 2.24) is 14.8 Å². The monoisotopic (exact) mass is 573 g/mol. The smallest absolute Gasteiger partial charge is 0.337 e. The van der Waals surface area contributed by atoms with Gasteiger partial charge in [-0.25, -0.2) is 9.48 Å². The highest BCUT2D eigenvalue weighted by atomic mass is 35.5. The number of allylic oxidation sites excluding steroid dienone is 1. The summed E-state index contributed by atoms with van der Waals surface area (Å²) in [7, 11) is 1.34. The second-order valence-electron chi connectivity index (χ2n) is 9.49. The van der Waals surface area contributed by atoms with Crippen molar-refractivity contribution < 1.29 is 14.3 Å². The molecule has 8 nitrogen and oxygen atoms in total. The maximum Gasteiger partial charge on any atom is 0.337 e. The van der Waals surface area contributed by atoms with Crippen LogP contribution in [0.4, 0.5) is 11.6 Å². The molecule has 0 saturated carbocycles. The molecule has 3 aromatic carbocycles. The lowest BCUT2D eigenvalue weighted by Gasteiger charge is -2.29. The number of aryl methyl sites for hydroxylation is 2. The fourth-order valence-corrected chi connectivity index (χ4v) is 5.73. The molecule has 204 valence electrons. The van der Waals surface area contributed by atoms with Crippen LogP contribution in [0.2, 0.25) is 5.02 Å². The number of nitrogens with one attached hydrogen (secondary N) is 2. The highest BCUT2D eigenvalue weighted by molar-refractivity contribution is 7.98. The number of anilines is 2. The number of aromatic nitrogens is 3. The minimum absolute atomic E-state index is 0.259. The van der Waals surface area contributed by atoms with Gasteiger partial charge in [0.15, 0.2) is 0 Å². The van der Waals surface area contributed by atoms with E-state index in [0.717, 1.165) is 27.9 Å². The maximum atomic E-state index is 13.8. The van der Waals surface area contributed by atoms with Gasteiger partial charge >= 0.3 is 5.97 Å². The average molecular weight is 574 g/mol. The highest BCUT2D eigenvalue weighted by Crippen LogP contribution is 2.37. The van der Waals surface area contributed by atoms with E-state index in [1.807, 2.05) is 75.4 Å². The topological polar surface area (TPSA) is 98.1 Å². The number of carbonyl (C=O) groups is 2. The zero-order valence-electron chi connectivity index (χ0n) is 22.5. The molecule has 1 aromatic heterocycles. The van der Waals surface area contributed by atoms with Crippen molar-refractivity contribution in [2.75, 3.05) is 17.7 Å². The number of rotatable bonds is 7. The SMILES string of the molecule is COC(=O)c1ccc(C2C(C(=O)Nc3ccc(C)cc3C)=C(C)Nc3nc(SCc4ccccc4Cl)nn32)cc1. The number of benzene rings is 3. The van der Waals surface area contributed by atoms with Crippen molar-refractivity contribution in [2.24, 2.45) is 0 Å². The minimum Gasteiger partial charge on any atom is -0.465 e. The molecule has 1 amide bonds. The lowest BCUT2D eigenvalue weighted by molar-refractivity contribution is -0.113. The predicted octanol–water partition coefficient (Wildman–Crippen LogP) is 6.55. The summed E-state index contributed by atoms with van der Waals surface area (Å²) in [6, 6.07) is 19.9. The Morgan fingerprint density at radius 3 is 2.52 bits per heavy atom. The van der Waals surface area contributed by atoms with E-state index in [0.29, 0.717) is 38.7 Å². The van der Waals surface area contributed by atoms with Crippen molar-refractivity contribution in [3.8, 4) is 0 Å². The fourth-order valence-electron chi connectivity index (χ4n) is 4.62. The summed E-state index contributed by atoms with van der Waals surface area (Å²) in [5, 5.41) is 12.4. The van der Waals surface area contributed by atoms with Crippen molar-refractivity contribution in [3.63, 3.8) is 0 Å². The van der Waals surface area contributed by atoms with Gasteiger partial charge in [-0.05, 0) is 61.7 Å². The molecule has 2 heterocycles. The second kappa shape index (κ2) is 11.6. The molecule has 1 atom stereocenters. The van der Waals surface area contributed by atoms with Gasteiger partial charge in [0.1, 0.15) is 6.04 Å². The first-order valence-corrected chi connectivity index (χ1v) is 14.0. The Hall–Kier alpha value is -4.08. The van der Waals surface area contributed by atoms with E-state index in [1.54, 1.807) is 16.8 Å². The van der Waals surface area contributed by atoms with Gasteiger partial charge in [0, 0.05) is 22.2 Å². The minimum atomic E-state index is -0.587. The fraction of sp³-hybridized carbons (Fsp3) is 0.200. The number of carbonyl (C=O) groups excluding carboxylic acids is 2. The van der Waals surface area contributed by atoms with E-state index in [1.165, 1.54) is 18.9 Å². The number of esters is 1. The van der Waals surface area contributed by atoms with Gasteiger partial charge in [-0.2, -0.15) is 4.98 Å². The first kappa shape index (κ1) is 27.5. The van der Waals surface area contributed by atoms with Gasteiger partial charge in [0.05, 0.1) is 18.2 Å². The van der Waals surface area contributed by atoms with E-state index in [4.69, 9.17) is 26.4 Å². The van der Waals surface area contributed by atoms with Gasteiger partial charge in [0.25, 0.3) is 5.91 Å². The Morgan fingerprint density at radius 2 is 1.82 bits per heavy atom. The van der Waals surface area contributed by atoms with Crippen molar-refractivity contribution in [3.05, 3.63) is 111 Å². The maximum absolute atomic E-state index is 13.8. The first-order valence-electron chi connectivity index (χ1n) is 12.6. The van der Waals surface area contributed by atoms with Crippen LogP contribution in [0, 0.1) is 13.8 Å². The van der Waals surface area contributed by atoms with Crippen LogP contribution in [0.15, 0.2) is 83.2 Å². The molecular weight excluding hydrogens is 546 g/mol. The van der Waals surface area contributed by atoms with Crippen molar-refractivity contribution in [1.29, 1.82) is 0 Å². The van der Waals surface area contributed by atoms with E-state index in [9.17, 15) is 9.59 Å². The summed E-state index contributed by atoms with van der Waals surface area (Å²) in [4.78, 5) is 30.6. The Bertz CT molecular complexity index is 1630. The molecule has 0 aliphatic carbocycles. The third-order valence-corrected chi connectivity index (χ3v) is 7.93. The van der Waals surface area contributed by atoms with Crippen LogP contribution in [-0.4, -0.2) is 33.8 Å². The average Bonchev–Trinajstić information content (AvgIpc) is 3.35. The standard InChI is InChI=1S/C30H28ClN5O3S/c1-17-9-14-24(18(2)15-17)33-27(37)25-19(3)32-29-34-30(40-16-22-7-5-6-8-23(22)31)35-36(29)26(25)20-10-12-21(13-11-20)28(38)39-4/h5-15,26H,16H2,1-4H3,(H,33,37)(H,32,34,35). The summed E-state index contributed by atoms with van der Waals surface area (Å²) in [6.45, 7) is 5.82. The van der Waals surface area contributed by atoms with Crippen molar-refractivity contribution >= 4 is 46.9 Å². The van der Waals surface area contributed by atoms with Crippen LogP contribution in [0.5, 0.6) is 0 Å². The van der Waals surface area contributed by atoms with Crippen LogP contribution in [0.25, 0.3) is 0 Å². The van der Waals surface area contributed by atoms with E-state index >= 15 is 0 Å². The lowest BCUT2D eigenvalue weighted by atomic mass is 9.94. The Balaban J connectivity index is 1.51. The van der Waals surface area contributed by atoms with E-state index in [-0.39, 0.29) is 5.91 Å². The Morgan fingerprint density at radius 1 is 1.07 bits per heavy atom. The molecule has 1 unspecified atom stereocenters. The molecular formula is C30H28ClN5O3S. The number of thioether (sulfide) groups is 1. The molecule has 40 heavy (non-hydrogen) atoms. The molecule has 2 N–H and O–H groups in total. The van der Waals surface area contributed by atoms with Gasteiger partial charge in [-0.15, -0.1) is 5.10 Å². The summed E-state index contributed by atoms with van der Waals surface area (Å²) in [5.41, 5.74) is 6.13. The molecule has 5 rings (SSSR count). The number of methoxy groups -OCH3 is 1. The second-order valence-corrected chi connectivity index (χ2v) is 10.8. The molecule has 0 fully saturated rings. The van der Waals surface area contributed by atoms with Gasteiger partial charge in [-0.1, -0.05) is 71.4 Å². The molecule has 0 bridgehead atoms. The molecule has 0 radical (unpaired) electrons. The summed E-state index contributed by atoms with van der Waals surface area (Å²) >= 11 is 7.80. The summed E-state index contributed by atoms with van der Waals surface area (Å²) in [6.07, 6.45) is 0. The molecule has 1 aliphatic rings. The lowest BCUT2D eigenvalue weighted by Crippen LogP contribution is -2.31. The number of nitrogens with zero attached hydrogens (tertiary/aromatic N) is 3. The third-order valence-electron chi connectivity index (χ3n) is 6.67. The quantitative estimate of drug-likeness (QED) is 0.191. The summed E-state index contributed by atoms with van der Waals surface area (Å²) < 4.78 is 6.57. The van der Waals surface area contributed by atoms with Gasteiger partial charge < -0.3 is 15.4 Å². The Kier molecular flexibility index (Phi) is 7.95. The zero-order valence-corrected chi connectivity index (χ0v) is 24.1. The molecule has 4 aromatic rings. The van der Waals surface area contributed by atoms with Crippen LogP contribution in [-0.2, 0) is 15.3 Å². The van der Waals surface area contributed by atoms with Crippen molar-refractivity contribution in [2.45, 2.75) is 37.7 Å². The van der Waals surface area contributed by atoms with Crippen LogP contribution in [0.1, 0.15) is 45.6 Å². The largest absolute Gasteiger partial charge is 0.465 e. The molecule has 0 saturated heterocycles. The number of halogens is 1. The van der Waals surface area contributed by atoms with E-state index < -0.39 is 12.0 Å². The molecule has 0 spiro atoms. The summed E-state index contributed by atoms with van der Waals surface area (Å²) in [5.74, 6) is 0.416. The van der Waals surface area contributed by atoms with Crippen LogP contribution < -0.4 is 10.6 Å². The third kappa shape index (κ3) is 5.61. The van der Waals surface area contributed by atoms with E-state index in [2.05, 4.69) is 10.6 Å². The number of fused-ring (bicyclic) bond motifs is 1. The van der Waals surface area contributed by atoms with Crippen LogP contribution >= 0.6 is 23.4 Å². The number of amides is 1. The number of hydrogen-bond donors (Lipinski definition) is 2.